The summed E-state index contributed by atoms with van der Waals surface area (Å²) in [4.78, 5) is 10.9. The number of hydrogen-bond acceptors (Lipinski definition) is 2. The second kappa shape index (κ2) is 4.95. The first kappa shape index (κ1) is 11.6. The van der Waals surface area contributed by atoms with E-state index in [1.165, 1.54) is 5.56 Å². The molecule has 3 nitrogen and oxygen atoms in total. The first-order chi connectivity index (χ1) is 8.28. The van der Waals surface area contributed by atoms with Crippen LogP contribution in [0.3, 0.4) is 0 Å². The number of aromatic nitrogens is 2. The summed E-state index contributed by atoms with van der Waals surface area (Å²) >= 11 is 0. The molecule has 0 saturated carbocycles. The normalized spacial score (nSPS) is 10.5. The second-order valence-corrected chi connectivity index (χ2v) is 3.94. The average Bonchev–Trinajstić information content (AvgIpc) is 2.82. The summed E-state index contributed by atoms with van der Waals surface area (Å²) in [5.74, 6) is 0. The van der Waals surface area contributed by atoms with E-state index in [-0.39, 0.29) is 0 Å². The van der Waals surface area contributed by atoms with Crippen molar-refractivity contribution in [2.45, 2.75) is 26.8 Å². The molecule has 1 aromatic heterocycles. The smallest absolute Gasteiger partial charge is 0.168 e. The van der Waals surface area contributed by atoms with Gasteiger partial charge in [-0.25, -0.2) is 0 Å². The summed E-state index contributed by atoms with van der Waals surface area (Å²) in [5.41, 5.74) is 3.84. The fraction of sp³-hybridized carbons (Fsp3) is 0.286. The lowest BCUT2D eigenvalue weighted by molar-refractivity contribution is 0.111. The molecule has 0 atom stereocenters. The molecule has 1 aromatic carbocycles. The third-order valence-electron chi connectivity index (χ3n) is 2.89. The fourth-order valence-corrected chi connectivity index (χ4v) is 1.83. The summed E-state index contributed by atoms with van der Waals surface area (Å²) in [7, 11) is 0. The highest BCUT2D eigenvalue weighted by molar-refractivity contribution is 5.75. The van der Waals surface area contributed by atoms with Crippen molar-refractivity contribution >= 4 is 6.29 Å². The Morgan fingerprint density at radius 1 is 1.24 bits per heavy atom. The number of hydrogen-bond donors (Lipinski definition) is 0. The van der Waals surface area contributed by atoms with Gasteiger partial charge < -0.3 is 0 Å². The van der Waals surface area contributed by atoms with Crippen molar-refractivity contribution in [3.05, 3.63) is 41.6 Å². The predicted octanol–water partition coefficient (Wildman–Crippen LogP) is 2.94. The summed E-state index contributed by atoms with van der Waals surface area (Å²) in [6.45, 7) is 4.82. The Kier molecular flexibility index (Phi) is 3.38. The van der Waals surface area contributed by atoms with E-state index in [1.807, 2.05) is 13.0 Å². The van der Waals surface area contributed by atoms with Gasteiger partial charge in [-0.15, -0.1) is 0 Å². The molecule has 17 heavy (non-hydrogen) atoms. The number of nitrogens with zero attached hydrogens (tertiary/aromatic N) is 2. The molecular formula is C14H16N2O. The average molecular weight is 228 g/mol. The van der Waals surface area contributed by atoms with E-state index < -0.39 is 0 Å². The topological polar surface area (TPSA) is 34.9 Å². The molecule has 1 heterocycles. The zero-order valence-electron chi connectivity index (χ0n) is 10.2. The molecule has 2 rings (SSSR count). The second-order valence-electron chi connectivity index (χ2n) is 3.94. The molecule has 0 aliphatic heterocycles. The number of carbonyl (C=O) groups is 1. The van der Waals surface area contributed by atoms with Crippen molar-refractivity contribution in [3.8, 4) is 11.3 Å². The van der Waals surface area contributed by atoms with Crippen LogP contribution in [0.1, 0.15) is 29.9 Å². The number of carbonyl (C=O) groups excluding carboxylic acids is 1. The first-order valence-corrected chi connectivity index (χ1v) is 5.90. The SMILES string of the molecule is CCc1ccc(-c2cc(C=O)n(CC)n2)cc1. The predicted molar refractivity (Wildman–Crippen MR) is 68.1 cm³/mol. The minimum absolute atomic E-state index is 0.627. The van der Waals surface area contributed by atoms with Gasteiger partial charge in [0, 0.05) is 12.1 Å². The van der Waals surface area contributed by atoms with Crippen LogP contribution < -0.4 is 0 Å². The van der Waals surface area contributed by atoms with Gasteiger partial charge in [-0.3, -0.25) is 9.48 Å². The molecule has 0 fully saturated rings. The standard InChI is InChI=1S/C14H16N2O/c1-3-11-5-7-12(8-6-11)14-9-13(10-17)16(4-2)15-14/h5-10H,3-4H2,1-2H3. The maximum absolute atomic E-state index is 10.9. The molecule has 3 heteroatoms. The number of aldehydes is 1. The number of benzene rings is 1. The van der Waals surface area contributed by atoms with Gasteiger partial charge in [0.25, 0.3) is 0 Å². The van der Waals surface area contributed by atoms with E-state index in [4.69, 9.17) is 0 Å². The van der Waals surface area contributed by atoms with Crippen LogP contribution in [0.25, 0.3) is 11.3 Å². The van der Waals surface area contributed by atoms with Gasteiger partial charge in [0.05, 0.1) is 5.69 Å². The molecule has 88 valence electrons. The maximum atomic E-state index is 10.9. The Bertz CT molecular complexity index is 512. The molecule has 0 bridgehead atoms. The van der Waals surface area contributed by atoms with E-state index >= 15 is 0 Å². The Labute approximate surface area is 101 Å². The Morgan fingerprint density at radius 3 is 2.41 bits per heavy atom. The summed E-state index contributed by atoms with van der Waals surface area (Å²) in [6.07, 6.45) is 1.88. The third-order valence-corrected chi connectivity index (χ3v) is 2.89. The van der Waals surface area contributed by atoms with Crippen LogP contribution in [-0.2, 0) is 13.0 Å². The Balaban J connectivity index is 2.38. The van der Waals surface area contributed by atoms with E-state index in [9.17, 15) is 4.79 Å². The van der Waals surface area contributed by atoms with Crippen LogP contribution in [0.4, 0.5) is 0 Å². The van der Waals surface area contributed by atoms with E-state index in [0.29, 0.717) is 12.2 Å². The van der Waals surface area contributed by atoms with Crippen molar-refractivity contribution in [3.63, 3.8) is 0 Å². The van der Waals surface area contributed by atoms with Gasteiger partial charge in [0.2, 0.25) is 0 Å². The first-order valence-electron chi connectivity index (χ1n) is 5.90. The van der Waals surface area contributed by atoms with Crippen LogP contribution >= 0.6 is 0 Å². The van der Waals surface area contributed by atoms with E-state index in [1.54, 1.807) is 4.68 Å². The lowest BCUT2D eigenvalue weighted by atomic mass is 10.1. The van der Waals surface area contributed by atoms with Gasteiger partial charge in [0.1, 0.15) is 5.69 Å². The van der Waals surface area contributed by atoms with Crippen molar-refractivity contribution in [2.24, 2.45) is 0 Å². The number of aryl methyl sites for hydroxylation is 2. The Hall–Kier alpha value is -1.90. The minimum Gasteiger partial charge on any atom is -0.296 e. The van der Waals surface area contributed by atoms with Crippen LogP contribution in [0, 0.1) is 0 Å². The molecule has 0 saturated heterocycles. The molecule has 0 amide bonds. The van der Waals surface area contributed by atoms with Gasteiger partial charge in [-0.2, -0.15) is 5.10 Å². The maximum Gasteiger partial charge on any atom is 0.168 e. The van der Waals surface area contributed by atoms with Gasteiger partial charge in [0.15, 0.2) is 6.29 Å². The van der Waals surface area contributed by atoms with E-state index in [0.717, 1.165) is 24.0 Å². The van der Waals surface area contributed by atoms with Crippen molar-refractivity contribution < 1.29 is 4.79 Å². The Morgan fingerprint density at radius 2 is 1.94 bits per heavy atom. The largest absolute Gasteiger partial charge is 0.296 e. The van der Waals surface area contributed by atoms with Crippen molar-refractivity contribution in [1.82, 2.24) is 9.78 Å². The monoisotopic (exact) mass is 228 g/mol. The van der Waals surface area contributed by atoms with Crippen LogP contribution in [0.5, 0.6) is 0 Å². The third kappa shape index (κ3) is 2.28. The summed E-state index contributed by atoms with van der Waals surface area (Å²) in [5, 5.41) is 4.41. The molecular weight excluding hydrogens is 212 g/mol. The summed E-state index contributed by atoms with van der Waals surface area (Å²) in [6, 6.07) is 10.1. The highest BCUT2D eigenvalue weighted by Gasteiger charge is 2.07. The van der Waals surface area contributed by atoms with Gasteiger partial charge in [-0.05, 0) is 25.0 Å². The van der Waals surface area contributed by atoms with Gasteiger partial charge >= 0.3 is 0 Å². The van der Waals surface area contributed by atoms with Gasteiger partial charge in [-0.1, -0.05) is 31.2 Å². The molecule has 0 N–H and O–H groups in total. The van der Waals surface area contributed by atoms with Crippen molar-refractivity contribution in [1.29, 1.82) is 0 Å². The lowest BCUT2D eigenvalue weighted by Gasteiger charge is -1.99. The molecule has 0 unspecified atom stereocenters. The molecule has 0 aliphatic rings. The number of rotatable bonds is 4. The minimum atomic E-state index is 0.627. The molecule has 0 radical (unpaired) electrons. The van der Waals surface area contributed by atoms with Crippen LogP contribution in [-0.4, -0.2) is 16.1 Å². The highest BCUT2D eigenvalue weighted by Crippen LogP contribution is 2.19. The lowest BCUT2D eigenvalue weighted by Crippen LogP contribution is -2.00. The van der Waals surface area contributed by atoms with Crippen molar-refractivity contribution in [2.75, 3.05) is 0 Å². The highest BCUT2D eigenvalue weighted by atomic mass is 16.1. The molecule has 2 aromatic rings. The summed E-state index contributed by atoms with van der Waals surface area (Å²) < 4.78 is 1.72. The van der Waals surface area contributed by atoms with Crippen LogP contribution in [0.2, 0.25) is 0 Å². The fourth-order valence-electron chi connectivity index (χ4n) is 1.83. The van der Waals surface area contributed by atoms with E-state index in [2.05, 4.69) is 36.3 Å². The van der Waals surface area contributed by atoms with Crippen LogP contribution in [0.15, 0.2) is 30.3 Å². The molecule has 0 aliphatic carbocycles. The quantitative estimate of drug-likeness (QED) is 0.754. The zero-order valence-corrected chi connectivity index (χ0v) is 10.2. The zero-order chi connectivity index (χ0) is 12.3. The molecule has 0 spiro atoms.